The van der Waals surface area contributed by atoms with Gasteiger partial charge in [-0.05, 0) is 13.0 Å². The number of aryl methyl sites for hydroxylation is 2. The molecule has 1 N–H and O–H groups in total. The summed E-state index contributed by atoms with van der Waals surface area (Å²) < 4.78 is 104. The van der Waals surface area contributed by atoms with Gasteiger partial charge in [-0.15, -0.1) is 0 Å². The number of rotatable bonds is 4. The van der Waals surface area contributed by atoms with Crippen molar-refractivity contribution in [3.63, 3.8) is 0 Å². The smallest absolute Gasteiger partial charge is 0.321 e. The van der Waals surface area contributed by atoms with Gasteiger partial charge in [-0.25, -0.2) is 22.0 Å². The summed E-state index contributed by atoms with van der Waals surface area (Å²) in [5.74, 6) is -12.5. The van der Waals surface area contributed by atoms with Crippen molar-refractivity contribution in [1.82, 2.24) is 9.78 Å². The quantitative estimate of drug-likeness (QED) is 0.491. The number of carbonyl (C=O) groups is 1. The molecule has 0 spiro atoms. The van der Waals surface area contributed by atoms with E-state index in [-0.39, 0.29) is 5.69 Å². The predicted octanol–water partition coefficient (Wildman–Crippen LogP) is 3.93. The zero-order valence-electron chi connectivity index (χ0n) is 12.8. The zero-order chi connectivity index (χ0) is 19.8. The van der Waals surface area contributed by atoms with Gasteiger partial charge in [-0.1, -0.05) is 0 Å². The molecule has 1 aromatic carbocycles. The Morgan fingerprint density at radius 1 is 1.04 bits per heavy atom. The largest absolute Gasteiger partial charge is 0.435 e. The van der Waals surface area contributed by atoms with Crippen molar-refractivity contribution in [1.29, 1.82) is 0 Å². The third-order valence-electron chi connectivity index (χ3n) is 3.30. The number of halogens is 8. The number of hydrogen-bond acceptors (Lipinski definition) is 2. The monoisotopic (exact) mass is 387 g/mol. The minimum absolute atomic E-state index is 0.0568. The molecule has 0 aliphatic rings. The Morgan fingerprint density at radius 3 is 2.00 bits per heavy atom. The average molecular weight is 387 g/mol. The fraction of sp³-hybridized carbons (Fsp3) is 0.286. The van der Waals surface area contributed by atoms with Crippen molar-refractivity contribution in [3.8, 4) is 0 Å². The fourth-order valence-electron chi connectivity index (χ4n) is 2.00. The minimum atomic E-state index is -4.70. The predicted molar refractivity (Wildman–Crippen MR) is 71.4 cm³/mol. The van der Waals surface area contributed by atoms with Crippen LogP contribution in [0.5, 0.6) is 0 Å². The van der Waals surface area contributed by atoms with Crippen LogP contribution in [-0.2, 0) is 17.5 Å². The van der Waals surface area contributed by atoms with Gasteiger partial charge in [0.15, 0.2) is 29.0 Å². The highest BCUT2D eigenvalue weighted by Gasteiger charge is 2.34. The standard InChI is InChI=1S/C14H9F8N3O/c1-5-4-6(14(20,21)22)24-25(5)3-2-7(26)23-13-11(18)9(16)8(15)10(17)12(13)19/h4H,2-3H2,1H3,(H,23,26). The highest BCUT2D eigenvalue weighted by Crippen LogP contribution is 2.29. The van der Waals surface area contributed by atoms with Gasteiger partial charge in [0.2, 0.25) is 11.7 Å². The minimum Gasteiger partial charge on any atom is -0.321 e. The number of benzene rings is 1. The number of carbonyl (C=O) groups excluding carboxylic acids is 1. The number of alkyl halides is 3. The van der Waals surface area contributed by atoms with Gasteiger partial charge in [0.05, 0.1) is 0 Å². The molecule has 1 heterocycles. The second-order valence-electron chi connectivity index (χ2n) is 5.13. The average Bonchev–Trinajstić information content (AvgIpc) is 2.94. The van der Waals surface area contributed by atoms with E-state index >= 15 is 0 Å². The van der Waals surface area contributed by atoms with Crippen LogP contribution in [0.1, 0.15) is 17.8 Å². The summed E-state index contributed by atoms with van der Waals surface area (Å²) in [6, 6.07) is 0.724. The van der Waals surface area contributed by atoms with E-state index in [2.05, 4.69) is 5.10 Å². The summed E-state index contributed by atoms with van der Waals surface area (Å²) in [4.78, 5) is 11.7. The number of nitrogens with one attached hydrogen (secondary N) is 1. The van der Waals surface area contributed by atoms with Crippen LogP contribution in [0.4, 0.5) is 40.8 Å². The SMILES string of the molecule is Cc1cc(C(F)(F)F)nn1CCC(=O)Nc1c(F)c(F)c(F)c(F)c1F. The highest BCUT2D eigenvalue weighted by molar-refractivity contribution is 5.90. The lowest BCUT2D eigenvalue weighted by Crippen LogP contribution is -2.19. The van der Waals surface area contributed by atoms with Crippen molar-refractivity contribution in [3.05, 3.63) is 46.5 Å². The van der Waals surface area contributed by atoms with E-state index in [9.17, 15) is 39.9 Å². The summed E-state index contributed by atoms with van der Waals surface area (Å²) in [6.45, 7) is 0.868. The van der Waals surface area contributed by atoms with Crippen molar-refractivity contribution >= 4 is 11.6 Å². The lowest BCUT2D eigenvalue weighted by atomic mass is 10.2. The van der Waals surface area contributed by atoms with E-state index in [0.29, 0.717) is 0 Å². The summed E-state index contributed by atoms with van der Waals surface area (Å²) in [7, 11) is 0. The maximum Gasteiger partial charge on any atom is 0.435 e. The van der Waals surface area contributed by atoms with Crippen molar-refractivity contribution < 1.29 is 39.9 Å². The second-order valence-corrected chi connectivity index (χ2v) is 5.13. The number of hydrogen-bond donors (Lipinski definition) is 1. The van der Waals surface area contributed by atoms with E-state index in [1.165, 1.54) is 12.2 Å². The molecule has 0 atom stereocenters. The molecule has 142 valence electrons. The van der Waals surface area contributed by atoms with E-state index in [1.54, 1.807) is 0 Å². The number of aromatic nitrogens is 2. The lowest BCUT2D eigenvalue weighted by molar-refractivity contribution is -0.141. The lowest BCUT2D eigenvalue weighted by Gasteiger charge is -2.10. The van der Waals surface area contributed by atoms with Crippen molar-refractivity contribution in [2.75, 3.05) is 5.32 Å². The molecule has 2 aromatic rings. The second kappa shape index (κ2) is 6.92. The first kappa shape index (κ1) is 19.7. The van der Waals surface area contributed by atoms with Gasteiger partial charge >= 0.3 is 6.18 Å². The van der Waals surface area contributed by atoms with Gasteiger partial charge in [0.25, 0.3) is 0 Å². The van der Waals surface area contributed by atoms with Crippen LogP contribution in [0.3, 0.4) is 0 Å². The molecule has 0 aliphatic carbocycles. The number of anilines is 1. The highest BCUT2D eigenvalue weighted by atomic mass is 19.4. The summed E-state index contributed by atoms with van der Waals surface area (Å²) in [5.41, 5.74) is -2.68. The molecule has 1 amide bonds. The van der Waals surface area contributed by atoms with Crippen LogP contribution < -0.4 is 5.32 Å². The van der Waals surface area contributed by atoms with Gasteiger partial charge < -0.3 is 5.32 Å². The van der Waals surface area contributed by atoms with Crippen molar-refractivity contribution in [2.45, 2.75) is 26.1 Å². The maximum atomic E-state index is 13.4. The Morgan fingerprint density at radius 2 is 1.54 bits per heavy atom. The summed E-state index contributed by atoms with van der Waals surface area (Å²) >= 11 is 0. The Kier molecular flexibility index (Phi) is 5.23. The van der Waals surface area contributed by atoms with Crippen molar-refractivity contribution in [2.24, 2.45) is 0 Å². The summed E-state index contributed by atoms with van der Waals surface area (Å²) in [5, 5.41) is 4.74. The molecular weight excluding hydrogens is 378 g/mol. The molecule has 0 bridgehead atoms. The van der Waals surface area contributed by atoms with E-state index in [1.807, 2.05) is 0 Å². The molecule has 0 saturated heterocycles. The van der Waals surface area contributed by atoms with E-state index < -0.39 is 65.5 Å². The van der Waals surface area contributed by atoms with Crippen LogP contribution in [0.15, 0.2) is 6.07 Å². The molecule has 0 radical (unpaired) electrons. The van der Waals surface area contributed by atoms with Crippen LogP contribution in [0, 0.1) is 36.0 Å². The maximum absolute atomic E-state index is 13.4. The molecular formula is C14H9F8N3O. The molecule has 0 unspecified atom stereocenters. The normalized spacial score (nSPS) is 11.7. The molecule has 26 heavy (non-hydrogen) atoms. The van der Waals surface area contributed by atoms with Gasteiger partial charge in [-0.2, -0.15) is 18.3 Å². The van der Waals surface area contributed by atoms with E-state index in [0.717, 1.165) is 10.7 Å². The van der Waals surface area contributed by atoms with E-state index in [4.69, 9.17) is 0 Å². The zero-order valence-corrected chi connectivity index (χ0v) is 12.8. The van der Waals surface area contributed by atoms with Gasteiger partial charge in [0, 0.05) is 18.7 Å². The van der Waals surface area contributed by atoms with Crippen LogP contribution in [0.25, 0.3) is 0 Å². The first-order valence-electron chi connectivity index (χ1n) is 6.86. The van der Waals surface area contributed by atoms with Crippen LogP contribution in [0.2, 0.25) is 0 Å². The van der Waals surface area contributed by atoms with Crippen LogP contribution >= 0.6 is 0 Å². The molecule has 0 fully saturated rings. The molecule has 12 heteroatoms. The van der Waals surface area contributed by atoms with Crippen LogP contribution in [-0.4, -0.2) is 15.7 Å². The first-order valence-corrected chi connectivity index (χ1v) is 6.86. The first-order chi connectivity index (χ1) is 11.9. The number of nitrogens with zero attached hydrogens (tertiary/aromatic N) is 2. The molecule has 2 rings (SSSR count). The molecule has 0 aliphatic heterocycles. The third kappa shape index (κ3) is 3.78. The number of amides is 1. The molecule has 0 saturated carbocycles. The van der Waals surface area contributed by atoms with Gasteiger partial charge in [0.1, 0.15) is 5.69 Å². The topological polar surface area (TPSA) is 46.9 Å². The Balaban J connectivity index is 2.13. The van der Waals surface area contributed by atoms with Gasteiger partial charge in [-0.3, -0.25) is 9.48 Å². The molecule has 1 aromatic heterocycles. The Hall–Kier alpha value is -2.66. The molecule has 4 nitrogen and oxygen atoms in total. The summed E-state index contributed by atoms with van der Waals surface area (Å²) in [6.07, 6.45) is -5.33. The third-order valence-corrected chi connectivity index (χ3v) is 3.30. The Bertz CT molecular complexity index is 830. The fourth-order valence-corrected chi connectivity index (χ4v) is 2.00. The Labute approximate surface area is 140 Å².